The molecule has 0 fully saturated rings. The summed E-state index contributed by atoms with van der Waals surface area (Å²) in [7, 11) is 0. The van der Waals surface area contributed by atoms with Crippen molar-refractivity contribution in [3.63, 3.8) is 0 Å². The third-order valence-electron chi connectivity index (χ3n) is 2.85. The maximum atomic E-state index is 2.59. The lowest BCUT2D eigenvalue weighted by molar-refractivity contribution is 0.266. The summed E-state index contributed by atoms with van der Waals surface area (Å²) in [6.07, 6.45) is 0. The van der Waals surface area contributed by atoms with Crippen LogP contribution in [0.3, 0.4) is 0 Å². The molecule has 0 aromatic rings. The quantitative estimate of drug-likeness (QED) is 0.718. The molecule has 1 aliphatic rings. The fraction of sp³-hybridized carbons (Fsp3) is 0.846. The van der Waals surface area contributed by atoms with Crippen molar-refractivity contribution in [3.8, 4) is 0 Å². The van der Waals surface area contributed by atoms with E-state index in [9.17, 15) is 0 Å². The fourth-order valence-electron chi connectivity index (χ4n) is 2.20. The molecule has 0 bridgehead atoms. The average Bonchev–Trinajstić information content (AvgIpc) is 2.16. The summed E-state index contributed by atoms with van der Waals surface area (Å²) in [4.78, 5) is 4.21. The van der Waals surface area contributed by atoms with E-state index in [1.165, 1.54) is 12.3 Å². The summed E-state index contributed by atoms with van der Waals surface area (Å²) in [5, 5.41) is 0. The number of allylic oxidation sites excluding steroid dienone is 2. The molecule has 1 nitrogen and oxygen atoms in total. The molecule has 2 heteroatoms. The average molecular weight is 227 g/mol. The zero-order valence-electron chi connectivity index (χ0n) is 11.0. The van der Waals surface area contributed by atoms with Gasteiger partial charge in [0.1, 0.15) is 0 Å². The van der Waals surface area contributed by atoms with Gasteiger partial charge in [-0.3, -0.25) is 0 Å². The van der Waals surface area contributed by atoms with Gasteiger partial charge in [-0.25, -0.2) is 0 Å². The molecule has 0 amide bonds. The summed E-state index contributed by atoms with van der Waals surface area (Å²) in [5.41, 5.74) is 1.59. The Bertz CT molecular complexity index is 241. The highest BCUT2D eigenvalue weighted by Gasteiger charge is 2.25. The zero-order valence-corrected chi connectivity index (χ0v) is 11.8. The standard InChI is InChI=1S/C13H25NS/c1-9(2)12-13(10(3)4)15-8-7-14(12)11(5)6/h9-11H,7-8H2,1-6H3. The lowest BCUT2D eigenvalue weighted by Crippen LogP contribution is -2.37. The van der Waals surface area contributed by atoms with Crippen LogP contribution < -0.4 is 0 Å². The molecule has 0 spiro atoms. The summed E-state index contributed by atoms with van der Waals surface area (Å²) < 4.78 is 0. The first-order chi connectivity index (χ1) is 6.95. The second-order valence-electron chi connectivity index (χ2n) is 5.19. The van der Waals surface area contributed by atoms with Gasteiger partial charge in [0, 0.05) is 28.9 Å². The smallest absolute Gasteiger partial charge is 0.0272 e. The van der Waals surface area contributed by atoms with Crippen LogP contribution in [-0.4, -0.2) is 23.2 Å². The second-order valence-corrected chi connectivity index (χ2v) is 6.33. The van der Waals surface area contributed by atoms with E-state index in [1.54, 1.807) is 10.6 Å². The van der Waals surface area contributed by atoms with Crippen LogP contribution in [0.1, 0.15) is 41.5 Å². The van der Waals surface area contributed by atoms with Crippen LogP contribution in [0.25, 0.3) is 0 Å². The van der Waals surface area contributed by atoms with Gasteiger partial charge in [-0.05, 0) is 25.7 Å². The lowest BCUT2D eigenvalue weighted by atomic mass is 10.0. The van der Waals surface area contributed by atoms with E-state index in [0.29, 0.717) is 17.9 Å². The molecule has 0 aromatic carbocycles. The van der Waals surface area contributed by atoms with Crippen LogP contribution in [0.5, 0.6) is 0 Å². The molecule has 0 saturated carbocycles. The number of nitrogens with zero attached hydrogens (tertiary/aromatic N) is 1. The Morgan fingerprint density at radius 1 is 1.00 bits per heavy atom. The third-order valence-corrected chi connectivity index (χ3v) is 4.22. The van der Waals surface area contributed by atoms with E-state index in [2.05, 4.69) is 58.2 Å². The molecule has 1 heterocycles. The van der Waals surface area contributed by atoms with E-state index in [-0.39, 0.29) is 0 Å². The first-order valence-electron chi connectivity index (χ1n) is 6.08. The zero-order chi connectivity index (χ0) is 11.6. The summed E-state index contributed by atoms with van der Waals surface area (Å²) in [5.74, 6) is 2.58. The van der Waals surface area contributed by atoms with Crippen molar-refractivity contribution in [2.75, 3.05) is 12.3 Å². The van der Waals surface area contributed by atoms with Crippen molar-refractivity contribution in [1.29, 1.82) is 0 Å². The lowest BCUT2D eigenvalue weighted by Gasteiger charge is -2.39. The van der Waals surface area contributed by atoms with Crippen molar-refractivity contribution < 1.29 is 0 Å². The monoisotopic (exact) mass is 227 g/mol. The molecule has 0 unspecified atom stereocenters. The second kappa shape index (κ2) is 5.29. The Morgan fingerprint density at radius 2 is 1.60 bits per heavy atom. The molecule has 0 aromatic heterocycles. The van der Waals surface area contributed by atoms with E-state index in [4.69, 9.17) is 0 Å². The molecule has 0 radical (unpaired) electrons. The van der Waals surface area contributed by atoms with Crippen molar-refractivity contribution in [2.24, 2.45) is 11.8 Å². The summed E-state index contributed by atoms with van der Waals surface area (Å²) >= 11 is 2.07. The summed E-state index contributed by atoms with van der Waals surface area (Å²) in [6, 6.07) is 0.636. The summed E-state index contributed by atoms with van der Waals surface area (Å²) in [6.45, 7) is 15.1. The van der Waals surface area contributed by atoms with E-state index in [1.807, 2.05) is 0 Å². The van der Waals surface area contributed by atoms with E-state index < -0.39 is 0 Å². The number of hydrogen-bond donors (Lipinski definition) is 0. The molecular weight excluding hydrogens is 202 g/mol. The number of hydrogen-bond acceptors (Lipinski definition) is 2. The highest BCUT2D eigenvalue weighted by Crippen LogP contribution is 2.37. The van der Waals surface area contributed by atoms with Gasteiger partial charge in [0.25, 0.3) is 0 Å². The Balaban J connectivity index is 3.06. The molecule has 88 valence electrons. The Hall–Kier alpha value is -0.110. The number of thioether (sulfide) groups is 1. The SMILES string of the molecule is CC(C)C1=C(C(C)C)N(C(C)C)CCS1. The van der Waals surface area contributed by atoms with Gasteiger partial charge in [0.15, 0.2) is 0 Å². The Morgan fingerprint density at radius 3 is 2.00 bits per heavy atom. The van der Waals surface area contributed by atoms with Crippen LogP contribution in [0.4, 0.5) is 0 Å². The van der Waals surface area contributed by atoms with Gasteiger partial charge in [0.2, 0.25) is 0 Å². The largest absolute Gasteiger partial charge is 0.371 e. The molecule has 1 aliphatic heterocycles. The van der Waals surface area contributed by atoms with Gasteiger partial charge in [-0.15, -0.1) is 11.8 Å². The molecule has 0 N–H and O–H groups in total. The van der Waals surface area contributed by atoms with Crippen molar-refractivity contribution in [2.45, 2.75) is 47.6 Å². The molecule has 1 rings (SSSR count). The first-order valence-corrected chi connectivity index (χ1v) is 7.07. The van der Waals surface area contributed by atoms with Crippen molar-refractivity contribution in [3.05, 3.63) is 10.6 Å². The molecule has 0 saturated heterocycles. The van der Waals surface area contributed by atoms with Crippen LogP contribution in [0, 0.1) is 11.8 Å². The molecule has 0 atom stereocenters. The number of rotatable bonds is 3. The maximum Gasteiger partial charge on any atom is 0.0272 e. The first kappa shape index (κ1) is 13.0. The van der Waals surface area contributed by atoms with Crippen LogP contribution >= 0.6 is 11.8 Å². The van der Waals surface area contributed by atoms with Gasteiger partial charge >= 0.3 is 0 Å². The highest BCUT2D eigenvalue weighted by atomic mass is 32.2. The van der Waals surface area contributed by atoms with Crippen LogP contribution in [-0.2, 0) is 0 Å². The molecule has 0 aliphatic carbocycles. The van der Waals surface area contributed by atoms with E-state index >= 15 is 0 Å². The molecular formula is C13H25NS. The third kappa shape index (κ3) is 2.93. The van der Waals surface area contributed by atoms with Gasteiger partial charge in [-0.1, -0.05) is 27.7 Å². The van der Waals surface area contributed by atoms with Crippen LogP contribution in [0.15, 0.2) is 10.6 Å². The molecule has 15 heavy (non-hydrogen) atoms. The minimum Gasteiger partial charge on any atom is -0.371 e. The van der Waals surface area contributed by atoms with E-state index in [0.717, 1.165) is 0 Å². The highest BCUT2D eigenvalue weighted by molar-refractivity contribution is 8.03. The predicted molar refractivity (Wildman–Crippen MR) is 71.0 cm³/mol. The van der Waals surface area contributed by atoms with Gasteiger partial charge in [-0.2, -0.15) is 0 Å². The fourth-order valence-corrected chi connectivity index (χ4v) is 3.55. The van der Waals surface area contributed by atoms with Gasteiger partial charge in [0.05, 0.1) is 0 Å². The van der Waals surface area contributed by atoms with Gasteiger partial charge < -0.3 is 4.90 Å². The Labute approximate surface area is 99.3 Å². The van der Waals surface area contributed by atoms with Crippen molar-refractivity contribution >= 4 is 11.8 Å². The maximum absolute atomic E-state index is 2.59. The Kier molecular flexibility index (Phi) is 4.57. The minimum absolute atomic E-state index is 0.636. The topological polar surface area (TPSA) is 3.24 Å². The van der Waals surface area contributed by atoms with Crippen LogP contribution in [0.2, 0.25) is 0 Å². The predicted octanol–water partition coefficient (Wildman–Crippen LogP) is 3.97. The minimum atomic E-state index is 0.636. The normalized spacial score (nSPS) is 18.6. The van der Waals surface area contributed by atoms with Crippen molar-refractivity contribution in [1.82, 2.24) is 4.90 Å².